The van der Waals surface area contributed by atoms with E-state index in [1.54, 1.807) is 55.5 Å². The van der Waals surface area contributed by atoms with Crippen molar-refractivity contribution in [1.82, 2.24) is 10.2 Å². The number of halogens is 1. The molecular weight excluding hydrogens is 573 g/mol. The fourth-order valence-corrected chi connectivity index (χ4v) is 5.86. The number of anilines is 1. The van der Waals surface area contributed by atoms with E-state index in [1.165, 1.54) is 12.0 Å². The van der Waals surface area contributed by atoms with Gasteiger partial charge >= 0.3 is 0 Å². The van der Waals surface area contributed by atoms with Crippen molar-refractivity contribution < 1.29 is 31.9 Å². The first-order valence-electron chi connectivity index (χ1n) is 14.2. The van der Waals surface area contributed by atoms with E-state index in [0.717, 1.165) is 28.6 Å². The Morgan fingerprint density at radius 1 is 0.953 bits per heavy atom. The average Bonchev–Trinajstić information content (AvgIpc) is 2.99. The van der Waals surface area contributed by atoms with Crippen LogP contribution in [-0.2, 0) is 26.2 Å². The summed E-state index contributed by atoms with van der Waals surface area (Å²) in [6.45, 7) is 7.84. The molecule has 0 bridgehead atoms. The molecule has 0 aliphatic heterocycles. The number of nitrogens with zero attached hydrogens (tertiary/aromatic N) is 2. The zero-order valence-corrected chi connectivity index (χ0v) is 26.1. The van der Waals surface area contributed by atoms with Crippen LogP contribution in [0.15, 0.2) is 77.7 Å². The highest BCUT2D eigenvalue weighted by Crippen LogP contribution is 2.27. The van der Waals surface area contributed by atoms with Crippen LogP contribution < -0.4 is 19.1 Å². The number of carbonyl (C=O) groups is 2. The Morgan fingerprint density at radius 3 is 2.21 bits per heavy atom. The van der Waals surface area contributed by atoms with Gasteiger partial charge in [-0.15, -0.1) is 0 Å². The summed E-state index contributed by atoms with van der Waals surface area (Å²) in [5, 5.41) is 2.90. The molecule has 11 heteroatoms. The molecule has 0 radical (unpaired) electrons. The van der Waals surface area contributed by atoms with Gasteiger partial charge in [0.1, 0.15) is 29.9 Å². The Balaban J connectivity index is 2.06. The number of amides is 2. The van der Waals surface area contributed by atoms with Gasteiger partial charge in [-0.25, -0.2) is 12.8 Å². The fraction of sp³-hybridized carbons (Fsp3) is 0.375. The Morgan fingerprint density at radius 2 is 1.63 bits per heavy atom. The molecule has 0 saturated carbocycles. The van der Waals surface area contributed by atoms with Gasteiger partial charge in [0.2, 0.25) is 11.8 Å². The molecule has 0 unspecified atom stereocenters. The van der Waals surface area contributed by atoms with Gasteiger partial charge in [-0.2, -0.15) is 0 Å². The van der Waals surface area contributed by atoms with Gasteiger partial charge in [0.15, 0.2) is 0 Å². The van der Waals surface area contributed by atoms with E-state index in [9.17, 15) is 22.4 Å². The summed E-state index contributed by atoms with van der Waals surface area (Å²) in [5.74, 6) is -0.206. The Labute approximate surface area is 253 Å². The molecule has 9 nitrogen and oxygen atoms in total. The summed E-state index contributed by atoms with van der Waals surface area (Å²) in [6, 6.07) is 16.9. The Bertz CT molecular complexity index is 1460. The molecule has 1 N–H and O–H groups in total. The lowest BCUT2D eigenvalue weighted by Crippen LogP contribution is -2.52. The van der Waals surface area contributed by atoms with Crippen molar-refractivity contribution in [3.05, 3.63) is 84.2 Å². The van der Waals surface area contributed by atoms with Crippen LogP contribution >= 0.6 is 0 Å². The van der Waals surface area contributed by atoms with Crippen LogP contribution in [0.3, 0.4) is 0 Å². The topological polar surface area (TPSA) is 105 Å². The quantitative estimate of drug-likeness (QED) is 0.259. The van der Waals surface area contributed by atoms with Crippen molar-refractivity contribution in [2.24, 2.45) is 5.92 Å². The summed E-state index contributed by atoms with van der Waals surface area (Å²) < 4.78 is 53.3. The normalized spacial score (nSPS) is 12.0. The zero-order valence-electron chi connectivity index (χ0n) is 25.2. The monoisotopic (exact) mass is 613 g/mol. The third-order valence-electron chi connectivity index (χ3n) is 6.67. The molecule has 3 rings (SSSR count). The molecular formula is C32H40FN3O6S. The van der Waals surface area contributed by atoms with E-state index >= 15 is 0 Å². The lowest BCUT2D eigenvalue weighted by Gasteiger charge is -2.33. The summed E-state index contributed by atoms with van der Waals surface area (Å²) in [7, 11) is -2.79. The standard InChI is InChI=1S/C32H40FN3O6S/c1-6-30(32(38)34-20-23(3)4)35(21-24-9-8-10-28(19-24)41-5)31(37)22-36(26-13-15-27(16-14-26)42-7-2)43(39,40)29-17-11-25(33)12-18-29/h8-19,23,30H,6-7,20-22H2,1-5H3,(H,34,38)/t30-/m0/s1. The molecule has 0 aliphatic rings. The van der Waals surface area contributed by atoms with Crippen LogP contribution in [0.2, 0.25) is 0 Å². The van der Waals surface area contributed by atoms with Crippen molar-refractivity contribution in [3.63, 3.8) is 0 Å². The minimum absolute atomic E-state index is 0.0390. The largest absolute Gasteiger partial charge is 0.497 e. The Kier molecular flexibility index (Phi) is 11.9. The van der Waals surface area contributed by atoms with Crippen molar-refractivity contribution in [3.8, 4) is 11.5 Å². The van der Waals surface area contributed by atoms with E-state index in [1.807, 2.05) is 20.8 Å². The van der Waals surface area contributed by atoms with E-state index in [2.05, 4.69) is 5.32 Å². The average molecular weight is 614 g/mol. The molecule has 0 aliphatic carbocycles. The highest BCUT2D eigenvalue weighted by molar-refractivity contribution is 7.92. The molecule has 3 aromatic carbocycles. The number of carbonyl (C=O) groups excluding carboxylic acids is 2. The van der Waals surface area contributed by atoms with Gasteiger partial charge in [0.05, 0.1) is 24.3 Å². The SMILES string of the molecule is CCOc1ccc(N(CC(=O)N(Cc2cccc(OC)c2)[C@@H](CC)C(=O)NCC(C)C)S(=O)(=O)c2ccc(F)cc2)cc1. The van der Waals surface area contributed by atoms with Gasteiger partial charge in [-0.05, 0) is 85.5 Å². The molecule has 43 heavy (non-hydrogen) atoms. The van der Waals surface area contributed by atoms with Crippen LogP contribution in [0.1, 0.15) is 39.7 Å². The number of sulfonamides is 1. The number of methoxy groups -OCH3 is 1. The third kappa shape index (κ3) is 8.93. The summed E-state index contributed by atoms with van der Waals surface area (Å²) in [5.41, 5.74) is 0.914. The first-order valence-corrected chi connectivity index (χ1v) is 15.6. The lowest BCUT2D eigenvalue weighted by molar-refractivity contribution is -0.140. The zero-order chi connectivity index (χ0) is 31.6. The number of rotatable bonds is 15. The van der Waals surface area contributed by atoms with Crippen molar-refractivity contribution in [2.45, 2.75) is 51.6 Å². The van der Waals surface area contributed by atoms with Crippen molar-refractivity contribution in [2.75, 3.05) is 31.1 Å². The number of benzene rings is 3. The number of nitrogens with one attached hydrogen (secondary N) is 1. The first kappa shape index (κ1) is 33.4. The molecule has 0 fully saturated rings. The predicted octanol–water partition coefficient (Wildman–Crippen LogP) is 5.01. The molecule has 2 amide bonds. The molecule has 0 heterocycles. The van der Waals surface area contributed by atoms with Crippen LogP contribution in [0.25, 0.3) is 0 Å². The van der Waals surface area contributed by atoms with Crippen LogP contribution in [-0.4, -0.2) is 58.0 Å². The molecule has 0 aromatic heterocycles. The highest BCUT2D eigenvalue weighted by Gasteiger charge is 2.33. The van der Waals surface area contributed by atoms with Crippen LogP contribution in [0.5, 0.6) is 11.5 Å². The third-order valence-corrected chi connectivity index (χ3v) is 8.46. The summed E-state index contributed by atoms with van der Waals surface area (Å²) in [4.78, 5) is 28.7. The van der Waals surface area contributed by atoms with Gasteiger partial charge in [-0.1, -0.05) is 32.9 Å². The molecule has 0 saturated heterocycles. The smallest absolute Gasteiger partial charge is 0.264 e. The lowest BCUT2D eigenvalue weighted by atomic mass is 10.1. The maximum absolute atomic E-state index is 14.2. The molecule has 0 spiro atoms. The molecule has 1 atom stereocenters. The maximum Gasteiger partial charge on any atom is 0.264 e. The highest BCUT2D eigenvalue weighted by atomic mass is 32.2. The van der Waals surface area contributed by atoms with Gasteiger partial charge in [0.25, 0.3) is 10.0 Å². The number of hydrogen-bond acceptors (Lipinski definition) is 6. The fourth-order valence-electron chi connectivity index (χ4n) is 4.45. The number of hydrogen-bond donors (Lipinski definition) is 1. The first-order chi connectivity index (χ1) is 20.5. The van der Waals surface area contributed by atoms with Gasteiger partial charge < -0.3 is 19.7 Å². The minimum atomic E-state index is -4.32. The van der Waals surface area contributed by atoms with Crippen molar-refractivity contribution in [1.29, 1.82) is 0 Å². The van der Waals surface area contributed by atoms with Crippen LogP contribution in [0, 0.1) is 11.7 Å². The second kappa shape index (κ2) is 15.4. The summed E-state index contributed by atoms with van der Waals surface area (Å²) in [6.07, 6.45) is 0.299. The second-order valence-electron chi connectivity index (χ2n) is 10.3. The van der Waals surface area contributed by atoms with E-state index < -0.39 is 34.3 Å². The second-order valence-corrected chi connectivity index (χ2v) is 12.2. The molecule has 232 valence electrons. The van der Waals surface area contributed by atoms with E-state index in [-0.39, 0.29) is 29.0 Å². The molecule has 3 aromatic rings. The predicted molar refractivity (Wildman–Crippen MR) is 164 cm³/mol. The van der Waals surface area contributed by atoms with Crippen molar-refractivity contribution >= 4 is 27.5 Å². The maximum atomic E-state index is 14.2. The van der Waals surface area contributed by atoms with E-state index in [4.69, 9.17) is 9.47 Å². The number of ether oxygens (including phenoxy) is 2. The van der Waals surface area contributed by atoms with Crippen LogP contribution in [0.4, 0.5) is 10.1 Å². The van der Waals surface area contributed by atoms with Gasteiger partial charge in [-0.3, -0.25) is 13.9 Å². The Hall–Kier alpha value is -4.12. The minimum Gasteiger partial charge on any atom is -0.497 e. The summed E-state index contributed by atoms with van der Waals surface area (Å²) >= 11 is 0. The van der Waals surface area contributed by atoms with Gasteiger partial charge in [0, 0.05) is 13.1 Å². The van der Waals surface area contributed by atoms with E-state index in [0.29, 0.717) is 36.6 Å².